The molecule has 2 aliphatic heterocycles. The van der Waals surface area contributed by atoms with E-state index in [2.05, 4.69) is 15.6 Å². The largest absolute Gasteiger partial charge is 0.442 e. The monoisotopic (exact) mass is 452 g/mol. The van der Waals surface area contributed by atoms with E-state index in [1.165, 1.54) is 17.9 Å². The molecular weight excluding hydrogens is 427 g/mol. The Balaban J connectivity index is 1.24. The third kappa shape index (κ3) is 4.20. The van der Waals surface area contributed by atoms with Crippen LogP contribution in [0.2, 0.25) is 0 Å². The molecular formula is C23H25FN6O3. The van der Waals surface area contributed by atoms with E-state index in [9.17, 15) is 9.59 Å². The lowest BCUT2D eigenvalue weighted by molar-refractivity contribution is -0.119. The van der Waals surface area contributed by atoms with Gasteiger partial charge in [0.1, 0.15) is 17.4 Å². The highest BCUT2D eigenvalue weighted by molar-refractivity contribution is 5.90. The highest BCUT2D eigenvalue weighted by atomic mass is 19.1. The van der Waals surface area contributed by atoms with Gasteiger partial charge >= 0.3 is 6.09 Å². The van der Waals surface area contributed by atoms with Crippen LogP contribution >= 0.6 is 0 Å². The number of para-hydroxylation sites is 1. The van der Waals surface area contributed by atoms with Gasteiger partial charge in [0.25, 0.3) is 0 Å². The highest BCUT2D eigenvalue weighted by Gasteiger charge is 2.33. The minimum atomic E-state index is -0.543. The molecule has 0 aliphatic carbocycles. The maximum absolute atomic E-state index is 15.0. The molecule has 2 fully saturated rings. The second-order valence-corrected chi connectivity index (χ2v) is 8.43. The highest BCUT2D eigenvalue weighted by Crippen LogP contribution is 2.32. The van der Waals surface area contributed by atoms with Crippen LogP contribution in [0.3, 0.4) is 0 Å². The third-order valence-corrected chi connectivity index (χ3v) is 6.22. The maximum Gasteiger partial charge on any atom is 0.414 e. The molecule has 0 unspecified atom stereocenters. The first-order valence-electron chi connectivity index (χ1n) is 11.1. The molecule has 3 heterocycles. The normalized spacial score (nSPS) is 19.2. The van der Waals surface area contributed by atoms with Crippen LogP contribution in [0.15, 0.2) is 42.5 Å². The SMILES string of the molecule is CC(=O)NC[C@H]1CN(c2ccc(N3CCC(n4nnc5ccccc54)CC3)c(F)c2)C(=O)O1. The average Bonchev–Trinajstić information content (AvgIpc) is 3.41. The number of amides is 2. The standard InChI is InChI=1S/C23H25FN6O3/c1-15(31)25-13-18-14-29(23(32)33-18)17-6-7-21(19(24)12-17)28-10-8-16(9-11-28)30-22-5-3-2-4-20(22)26-27-30/h2-7,12,16,18H,8-11,13-14H2,1H3,(H,25,31)/t18-/m0/s1. The van der Waals surface area contributed by atoms with Crippen LogP contribution in [0.5, 0.6) is 0 Å². The Bertz CT molecular complexity index is 1190. The number of hydrogen-bond acceptors (Lipinski definition) is 6. The third-order valence-electron chi connectivity index (χ3n) is 6.22. The Hall–Kier alpha value is -3.69. The van der Waals surface area contributed by atoms with Crippen molar-refractivity contribution in [1.82, 2.24) is 20.3 Å². The lowest BCUT2D eigenvalue weighted by Crippen LogP contribution is -2.35. The van der Waals surface area contributed by atoms with E-state index in [1.54, 1.807) is 12.1 Å². The quantitative estimate of drug-likeness (QED) is 0.640. The molecule has 0 radical (unpaired) electrons. The predicted octanol–water partition coefficient (Wildman–Crippen LogP) is 2.87. The van der Waals surface area contributed by atoms with Gasteiger partial charge in [-0.15, -0.1) is 5.10 Å². The zero-order valence-electron chi connectivity index (χ0n) is 18.3. The number of piperidine rings is 1. The number of fused-ring (bicyclic) bond motifs is 1. The van der Waals surface area contributed by atoms with Crippen LogP contribution in [-0.4, -0.2) is 59.3 Å². The number of ether oxygens (including phenoxy) is 1. The van der Waals surface area contributed by atoms with E-state index in [0.29, 0.717) is 24.5 Å². The average molecular weight is 452 g/mol. The molecule has 1 N–H and O–H groups in total. The molecule has 33 heavy (non-hydrogen) atoms. The predicted molar refractivity (Wildman–Crippen MR) is 121 cm³/mol. The molecule has 2 aromatic carbocycles. The van der Waals surface area contributed by atoms with Crippen LogP contribution in [0, 0.1) is 5.82 Å². The van der Waals surface area contributed by atoms with Crippen molar-refractivity contribution in [2.75, 3.05) is 36.0 Å². The van der Waals surface area contributed by atoms with E-state index in [1.807, 2.05) is 33.8 Å². The van der Waals surface area contributed by atoms with Crippen molar-refractivity contribution in [3.8, 4) is 0 Å². The minimum absolute atomic E-state index is 0.194. The van der Waals surface area contributed by atoms with Crippen molar-refractivity contribution in [3.63, 3.8) is 0 Å². The summed E-state index contributed by atoms with van der Waals surface area (Å²) in [5.41, 5.74) is 2.85. The molecule has 172 valence electrons. The smallest absolute Gasteiger partial charge is 0.414 e. The number of nitrogens with one attached hydrogen (secondary N) is 1. The van der Waals surface area contributed by atoms with Crippen molar-refractivity contribution < 1.29 is 18.7 Å². The molecule has 0 spiro atoms. The van der Waals surface area contributed by atoms with Gasteiger partial charge in [0.15, 0.2) is 0 Å². The fraction of sp³-hybridized carbons (Fsp3) is 0.391. The molecule has 3 aromatic rings. The Morgan fingerprint density at radius 2 is 2.00 bits per heavy atom. The second-order valence-electron chi connectivity index (χ2n) is 8.43. The first-order chi connectivity index (χ1) is 16.0. The van der Waals surface area contributed by atoms with Crippen molar-refractivity contribution in [2.24, 2.45) is 0 Å². The summed E-state index contributed by atoms with van der Waals surface area (Å²) in [5, 5.41) is 11.2. The second kappa shape index (κ2) is 8.68. The van der Waals surface area contributed by atoms with Crippen molar-refractivity contribution in [1.29, 1.82) is 0 Å². The van der Waals surface area contributed by atoms with Gasteiger partial charge in [-0.25, -0.2) is 13.9 Å². The number of halogens is 1. The molecule has 10 heteroatoms. The van der Waals surface area contributed by atoms with Crippen LogP contribution < -0.4 is 15.1 Å². The maximum atomic E-state index is 15.0. The van der Waals surface area contributed by atoms with Crippen LogP contribution in [0.1, 0.15) is 25.8 Å². The first-order valence-corrected chi connectivity index (χ1v) is 11.1. The molecule has 1 atom stereocenters. The lowest BCUT2D eigenvalue weighted by Gasteiger charge is -2.34. The number of hydrogen-bond donors (Lipinski definition) is 1. The molecule has 9 nitrogen and oxygen atoms in total. The number of rotatable bonds is 5. The Kier molecular flexibility index (Phi) is 5.57. The minimum Gasteiger partial charge on any atom is -0.442 e. The molecule has 2 amide bonds. The number of nitrogens with zero attached hydrogens (tertiary/aromatic N) is 5. The van der Waals surface area contributed by atoms with Gasteiger partial charge < -0.3 is 15.0 Å². The van der Waals surface area contributed by atoms with Gasteiger partial charge in [0.05, 0.1) is 36.0 Å². The Labute approximate surface area is 190 Å². The number of aromatic nitrogens is 3. The number of benzene rings is 2. The van der Waals surface area contributed by atoms with Crippen molar-refractivity contribution in [3.05, 3.63) is 48.3 Å². The zero-order valence-corrected chi connectivity index (χ0v) is 18.3. The molecule has 2 saturated heterocycles. The lowest BCUT2D eigenvalue weighted by atomic mass is 10.0. The van der Waals surface area contributed by atoms with Gasteiger partial charge in [0, 0.05) is 20.0 Å². The zero-order chi connectivity index (χ0) is 22.9. The van der Waals surface area contributed by atoms with E-state index in [0.717, 1.165) is 23.9 Å². The van der Waals surface area contributed by atoms with E-state index < -0.39 is 12.2 Å². The molecule has 0 bridgehead atoms. The molecule has 5 rings (SSSR count). The van der Waals surface area contributed by atoms with Gasteiger partial charge in [0.2, 0.25) is 5.91 Å². The fourth-order valence-electron chi connectivity index (χ4n) is 4.52. The summed E-state index contributed by atoms with van der Waals surface area (Å²) in [5.74, 6) is -0.573. The summed E-state index contributed by atoms with van der Waals surface area (Å²) in [6.07, 6.45) is 0.657. The first kappa shape index (κ1) is 21.2. The summed E-state index contributed by atoms with van der Waals surface area (Å²) >= 11 is 0. The van der Waals surface area contributed by atoms with Crippen LogP contribution in [0.4, 0.5) is 20.6 Å². The number of carbonyl (C=O) groups is 2. The van der Waals surface area contributed by atoms with Crippen LogP contribution in [-0.2, 0) is 9.53 Å². The van der Waals surface area contributed by atoms with Gasteiger partial charge in [-0.05, 0) is 43.2 Å². The number of anilines is 2. The van der Waals surface area contributed by atoms with E-state index in [4.69, 9.17) is 4.74 Å². The number of cyclic esters (lactones) is 1. The molecule has 0 saturated carbocycles. The van der Waals surface area contributed by atoms with Gasteiger partial charge in [-0.2, -0.15) is 0 Å². The van der Waals surface area contributed by atoms with Gasteiger partial charge in [-0.3, -0.25) is 9.69 Å². The summed E-state index contributed by atoms with van der Waals surface area (Å²) in [6, 6.07) is 12.9. The van der Waals surface area contributed by atoms with E-state index >= 15 is 4.39 Å². The summed E-state index contributed by atoms with van der Waals surface area (Å²) in [4.78, 5) is 26.7. The summed E-state index contributed by atoms with van der Waals surface area (Å²) in [7, 11) is 0. The summed E-state index contributed by atoms with van der Waals surface area (Å²) in [6.45, 7) is 3.28. The Morgan fingerprint density at radius 3 is 2.76 bits per heavy atom. The van der Waals surface area contributed by atoms with Crippen LogP contribution in [0.25, 0.3) is 11.0 Å². The molecule has 1 aromatic heterocycles. The number of carbonyl (C=O) groups excluding carboxylic acids is 2. The van der Waals surface area contributed by atoms with Crippen molar-refractivity contribution in [2.45, 2.75) is 31.9 Å². The fourth-order valence-corrected chi connectivity index (χ4v) is 4.52. The van der Waals surface area contributed by atoms with E-state index in [-0.39, 0.29) is 30.9 Å². The van der Waals surface area contributed by atoms with Crippen molar-refractivity contribution >= 4 is 34.4 Å². The van der Waals surface area contributed by atoms with Gasteiger partial charge in [-0.1, -0.05) is 17.3 Å². The Morgan fingerprint density at radius 1 is 1.21 bits per heavy atom. The topological polar surface area (TPSA) is 92.6 Å². The summed E-state index contributed by atoms with van der Waals surface area (Å²) < 4.78 is 22.3. The molecule has 2 aliphatic rings.